The van der Waals surface area contributed by atoms with Gasteiger partial charge in [-0.3, -0.25) is 4.90 Å². The Morgan fingerprint density at radius 2 is 2.05 bits per heavy atom. The van der Waals surface area contributed by atoms with Crippen LogP contribution in [0.4, 0.5) is 0 Å². The Morgan fingerprint density at radius 1 is 1.29 bits per heavy atom. The molecule has 0 amide bonds. The summed E-state index contributed by atoms with van der Waals surface area (Å²) in [5.41, 5.74) is 1.06. The van der Waals surface area contributed by atoms with Gasteiger partial charge in [0.1, 0.15) is 0 Å². The average Bonchev–Trinajstić information content (AvgIpc) is 2.90. The lowest BCUT2D eigenvalue weighted by Gasteiger charge is -2.39. The van der Waals surface area contributed by atoms with E-state index in [1.54, 1.807) is 0 Å². The Hall–Kier alpha value is -1.01. The van der Waals surface area contributed by atoms with Crippen LogP contribution in [0.25, 0.3) is 0 Å². The second kappa shape index (κ2) is 6.40. The standard InChI is InChI=1S/C15H21ClN2O3/c1-17-3-4-18(9-12(17)2-5-19)8-11-6-14-15(7-13(11)16)21-10-20-14/h6-7,12,19H,2-5,8-10H2,1H3. The molecule has 21 heavy (non-hydrogen) atoms. The molecule has 0 bridgehead atoms. The van der Waals surface area contributed by atoms with Gasteiger partial charge in [0.25, 0.3) is 0 Å². The Balaban J connectivity index is 1.69. The summed E-state index contributed by atoms with van der Waals surface area (Å²) in [6, 6.07) is 4.21. The van der Waals surface area contributed by atoms with Crippen molar-refractivity contribution in [1.29, 1.82) is 0 Å². The van der Waals surface area contributed by atoms with Gasteiger partial charge in [0.05, 0.1) is 0 Å². The summed E-state index contributed by atoms with van der Waals surface area (Å²) in [5.74, 6) is 1.50. The van der Waals surface area contributed by atoms with Crippen LogP contribution in [0.2, 0.25) is 5.02 Å². The number of ether oxygens (including phenoxy) is 2. The molecule has 0 aromatic heterocycles. The van der Waals surface area contributed by atoms with Crippen LogP contribution in [-0.2, 0) is 6.54 Å². The number of fused-ring (bicyclic) bond motifs is 1. The van der Waals surface area contributed by atoms with E-state index in [4.69, 9.17) is 26.2 Å². The molecule has 6 heteroatoms. The Morgan fingerprint density at radius 3 is 2.81 bits per heavy atom. The van der Waals surface area contributed by atoms with Gasteiger partial charge in [0, 0.05) is 49.9 Å². The van der Waals surface area contributed by atoms with E-state index in [1.165, 1.54) is 0 Å². The third-order valence-electron chi connectivity index (χ3n) is 4.26. The molecule has 1 aromatic rings. The van der Waals surface area contributed by atoms with E-state index in [0.29, 0.717) is 6.04 Å². The van der Waals surface area contributed by atoms with Crippen LogP contribution in [0.5, 0.6) is 11.5 Å². The Bertz CT molecular complexity index is 512. The monoisotopic (exact) mass is 312 g/mol. The molecule has 5 nitrogen and oxygen atoms in total. The number of aliphatic hydroxyl groups excluding tert-OH is 1. The molecular weight excluding hydrogens is 292 g/mol. The van der Waals surface area contributed by atoms with Crippen molar-refractivity contribution in [3.63, 3.8) is 0 Å². The summed E-state index contributed by atoms with van der Waals surface area (Å²) in [5, 5.41) is 9.88. The lowest BCUT2D eigenvalue weighted by molar-refractivity contribution is 0.0743. The van der Waals surface area contributed by atoms with Crippen molar-refractivity contribution in [2.24, 2.45) is 0 Å². The molecule has 0 spiro atoms. The van der Waals surface area contributed by atoms with Gasteiger partial charge < -0.3 is 19.5 Å². The molecule has 1 saturated heterocycles. The zero-order valence-electron chi connectivity index (χ0n) is 12.2. The topological polar surface area (TPSA) is 45.2 Å². The zero-order valence-corrected chi connectivity index (χ0v) is 13.0. The number of hydrogen-bond donors (Lipinski definition) is 1. The fraction of sp³-hybridized carbons (Fsp3) is 0.600. The number of halogens is 1. The Labute approximate surface area is 130 Å². The first-order valence-electron chi connectivity index (χ1n) is 7.29. The Kier molecular flexibility index (Phi) is 4.54. The minimum atomic E-state index is 0.230. The van der Waals surface area contributed by atoms with E-state index in [-0.39, 0.29) is 13.4 Å². The highest BCUT2D eigenvalue weighted by Crippen LogP contribution is 2.37. The molecule has 1 aromatic carbocycles. The lowest BCUT2D eigenvalue weighted by atomic mass is 10.1. The van der Waals surface area contributed by atoms with E-state index >= 15 is 0 Å². The van der Waals surface area contributed by atoms with Crippen LogP contribution < -0.4 is 9.47 Å². The maximum absolute atomic E-state index is 9.17. The third kappa shape index (κ3) is 3.26. The van der Waals surface area contributed by atoms with Crippen LogP contribution in [0.15, 0.2) is 12.1 Å². The van der Waals surface area contributed by atoms with Crippen molar-refractivity contribution in [3.8, 4) is 11.5 Å². The number of aliphatic hydroxyl groups is 1. The van der Waals surface area contributed by atoms with Gasteiger partial charge >= 0.3 is 0 Å². The molecule has 2 aliphatic heterocycles. The minimum Gasteiger partial charge on any atom is -0.454 e. The van der Waals surface area contributed by atoms with Gasteiger partial charge in [0.2, 0.25) is 6.79 Å². The maximum Gasteiger partial charge on any atom is 0.231 e. The normalized spacial score (nSPS) is 22.7. The van der Waals surface area contributed by atoms with E-state index in [2.05, 4.69) is 16.8 Å². The van der Waals surface area contributed by atoms with E-state index in [0.717, 1.165) is 54.7 Å². The van der Waals surface area contributed by atoms with Gasteiger partial charge in [-0.2, -0.15) is 0 Å². The van der Waals surface area contributed by atoms with Crippen LogP contribution in [0.1, 0.15) is 12.0 Å². The number of nitrogens with zero attached hydrogens (tertiary/aromatic N) is 2. The van der Waals surface area contributed by atoms with Gasteiger partial charge in [-0.15, -0.1) is 0 Å². The fourth-order valence-corrected chi connectivity index (χ4v) is 3.15. The van der Waals surface area contributed by atoms with Crippen molar-refractivity contribution in [2.45, 2.75) is 19.0 Å². The molecule has 2 heterocycles. The molecule has 1 atom stereocenters. The predicted octanol–water partition coefficient (Wildman–Crippen LogP) is 1.57. The first kappa shape index (κ1) is 14.9. The molecule has 1 unspecified atom stereocenters. The molecular formula is C15H21ClN2O3. The second-order valence-corrected chi connectivity index (χ2v) is 6.09. The van der Waals surface area contributed by atoms with Gasteiger partial charge in [-0.1, -0.05) is 11.6 Å². The van der Waals surface area contributed by atoms with Gasteiger partial charge in [-0.05, 0) is 25.1 Å². The number of likely N-dealkylation sites (N-methyl/N-ethyl adjacent to an activating group) is 1. The van der Waals surface area contributed by atoms with E-state index < -0.39 is 0 Å². The maximum atomic E-state index is 9.17. The molecule has 3 rings (SSSR count). The average molecular weight is 313 g/mol. The van der Waals surface area contributed by atoms with Crippen molar-refractivity contribution in [2.75, 3.05) is 40.1 Å². The highest BCUT2D eigenvalue weighted by Gasteiger charge is 2.25. The molecule has 1 N–H and O–H groups in total. The first-order chi connectivity index (χ1) is 10.2. The van der Waals surface area contributed by atoms with Crippen molar-refractivity contribution in [3.05, 3.63) is 22.7 Å². The van der Waals surface area contributed by atoms with E-state index in [9.17, 15) is 0 Å². The molecule has 0 aliphatic carbocycles. The zero-order chi connectivity index (χ0) is 14.8. The highest BCUT2D eigenvalue weighted by molar-refractivity contribution is 6.31. The third-order valence-corrected chi connectivity index (χ3v) is 4.61. The molecule has 2 aliphatic rings. The van der Waals surface area contributed by atoms with Crippen LogP contribution in [0, 0.1) is 0 Å². The first-order valence-corrected chi connectivity index (χ1v) is 7.66. The summed E-state index contributed by atoms with van der Waals surface area (Å²) in [7, 11) is 2.12. The summed E-state index contributed by atoms with van der Waals surface area (Å²) in [4.78, 5) is 4.69. The molecule has 1 fully saturated rings. The fourth-order valence-electron chi connectivity index (χ4n) is 2.94. The number of benzene rings is 1. The summed E-state index contributed by atoms with van der Waals surface area (Å²) < 4.78 is 10.8. The molecule has 0 radical (unpaired) electrons. The van der Waals surface area contributed by atoms with Crippen molar-refractivity contribution < 1.29 is 14.6 Å². The second-order valence-electron chi connectivity index (χ2n) is 5.68. The largest absolute Gasteiger partial charge is 0.454 e. The summed E-state index contributed by atoms with van der Waals surface area (Å²) in [6.45, 7) is 4.25. The smallest absolute Gasteiger partial charge is 0.231 e. The van der Waals surface area contributed by atoms with Crippen molar-refractivity contribution in [1.82, 2.24) is 9.80 Å². The lowest BCUT2D eigenvalue weighted by Crippen LogP contribution is -2.51. The van der Waals surface area contributed by atoms with Crippen LogP contribution >= 0.6 is 11.6 Å². The number of piperazine rings is 1. The summed E-state index contributed by atoms with van der Waals surface area (Å²) in [6.07, 6.45) is 0.807. The van der Waals surface area contributed by atoms with E-state index in [1.807, 2.05) is 12.1 Å². The van der Waals surface area contributed by atoms with Gasteiger partial charge in [0.15, 0.2) is 11.5 Å². The van der Waals surface area contributed by atoms with Gasteiger partial charge in [-0.25, -0.2) is 0 Å². The highest BCUT2D eigenvalue weighted by atomic mass is 35.5. The minimum absolute atomic E-state index is 0.230. The molecule has 116 valence electrons. The predicted molar refractivity (Wildman–Crippen MR) is 81.0 cm³/mol. The van der Waals surface area contributed by atoms with Crippen LogP contribution in [-0.4, -0.2) is 61.0 Å². The SMILES string of the molecule is CN1CCN(Cc2cc3c(cc2Cl)OCO3)CC1CCO. The van der Waals surface area contributed by atoms with Crippen molar-refractivity contribution >= 4 is 11.6 Å². The van der Waals surface area contributed by atoms with Crippen LogP contribution in [0.3, 0.4) is 0 Å². The quantitative estimate of drug-likeness (QED) is 0.914. The number of hydrogen-bond acceptors (Lipinski definition) is 5. The summed E-state index contributed by atoms with van der Waals surface area (Å²) >= 11 is 6.34. The molecule has 0 saturated carbocycles. The number of rotatable bonds is 4.